The highest BCUT2D eigenvalue weighted by atomic mass is 16.5. The van der Waals surface area contributed by atoms with Gasteiger partial charge in [0.1, 0.15) is 6.54 Å². The standard InChI is InChI=1S/C13H22N2O4/c1-10-8-14(6-7-19-10)13(18)15(9-12(16)17)11-4-2-3-5-11/h10-11H,2-9H2,1H3,(H,16,17). The van der Waals surface area contributed by atoms with Crippen LogP contribution < -0.4 is 0 Å². The van der Waals surface area contributed by atoms with Crippen LogP contribution in [0.1, 0.15) is 32.6 Å². The Morgan fingerprint density at radius 3 is 2.63 bits per heavy atom. The third kappa shape index (κ3) is 3.59. The molecule has 2 fully saturated rings. The van der Waals surface area contributed by atoms with Crippen molar-refractivity contribution in [1.29, 1.82) is 0 Å². The summed E-state index contributed by atoms with van der Waals surface area (Å²) in [4.78, 5) is 26.7. The summed E-state index contributed by atoms with van der Waals surface area (Å²) in [5.41, 5.74) is 0. The molecule has 1 unspecified atom stereocenters. The second kappa shape index (κ2) is 6.23. The lowest BCUT2D eigenvalue weighted by Crippen LogP contribution is -2.53. The summed E-state index contributed by atoms with van der Waals surface area (Å²) >= 11 is 0. The largest absolute Gasteiger partial charge is 0.480 e. The van der Waals surface area contributed by atoms with Crippen molar-refractivity contribution in [2.75, 3.05) is 26.2 Å². The zero-order chi connectivity index (χ0) is 13.8. The minimum absolute atomic E-state index is 0.0213. The summed E-state index contributed by atoms with van der Waals surface area (Å²) < 4.78 is 5.42. The molecular weight excluding hydrogens is 248 g/mol. The van der Waals surface area contributed by atoms with Crippen LogP contribution in [0.2, 0.25) is 0 Å². The zero-order valence-electron chi connectivity index (χ0n) is 11.4. The second-order valence-electron chi connectivity index (χ2n) is 5.37. The van der Waals surface area contributed by atoms with E-state index in [4.69, 9.17) is 9.84 Å². The molecule has 1 aliphatic heterocycles. The zero-order valence-corrected chi connectivity index (χ0v) is 11.4. The van der Waals surface area contributed by atoms with Crippen molar-refractivity contribution >= 4 is 12.0 Å². The van der Waals surface area contributed by atoms with Gasteiger partial charge >= 0.3 is 12.0 Å². The Kier molecular flexibility index (Phi) is 4.63. The Morgan fingerprint density at radius 1 is 1.37 bits per heavy atom. The molecule has 0 bridgehead atoms. The molecule has 1 saturated carbocycles. The molecule has 0 radical (unpaired) electrons. The van der Waals surface area contributed by atoms with Gasteiger partial charge in [0.25, 0.3) is 0 Å². The van der Waals surface area contributed by atoms with Crippen molar-refractivity contribution in [1.82, 2.24) is 9.80 Å². The van der Waals surface area contributed by atoms with Crippen LogP contribution in [0.15, 0.2) is 0 Å². The molecule has 6 nitrogen and oxygen atoms in total. The molecule has 1 heterocycles. The Morgan fingerprint density at radius 2 is 2.05 bits per heavy atom. The van der Waals surface area contributed by atoms with Crippen LogP contribution in [-0.4, -0.2) is 65.3 Å². The highest BCUT2D eigenvalue weighted by Gasteiger charge is 2.32. The van der Waals surface area contributed by atoms with Crippen molar-refractivity contribution in [2.45, 2.75) is 44.8 Å². The lowest BCUT2D eigenvalue weighted by molar-refractivity contribution is -0.138. The number of aliphatic carboxylic acids is 1. The average Bonchev–Trinajstić information content (AvgIpc) is 2.88. The van der Waals surface area contributed by atoms with Crippen LogP contribution in [0.4, 0.5) is 4.79 Å². The van der Waals surface area contributed by atoms with Gasteiger partial charge in [-0.25, -0.2) is 4.79 Å². The highest BCUT2D eigenvalue weighted by molar-refractivity contribution is 5.80. The number of ether oxygens (including phenoxy) is 1. The normalized spacial score (nSPS) is 24.5. The lowest BCUT2D eigenvalue weighted by Gasteiger charge is -2.37. The summed E-state index contributed by atoms with van der Waals surface area (Å²) in [6.07, 6.45) is 4.01. The van der Waals surface area contributed by atoms with Gasteiger partial charge < -0.3 is 19.6 Å². The average molecular weight is 270 g/mol. The van der Waals surface area contributed by atoms with Gasteiger partial charge in [0.05, 0.1) is 12.7 Å². The predicted octanol–water partition coefficient (Wildman–Crippen LogP) is 1.16. The van der Waals surface area contributed by atoms with Crippen molar-refractivity contribution in [3.63, 3.8) is 0 Å². The van der Waals surface area contributed by atoms with E-state index in [0.717, 1.165) is 25.7 Å². The Labute approximate surface area is 113 Å². The molecule has 1 N–H and O–H groups in total. The first-order valence-electron chi connectivity index (χ1n) is 6.97. The molecule has 0 aromatic rings. The maximum Gasteiger partial charge on any atom is 0.323 e. The molecule has 2 amide bonds. The van der Waals surface area contributed by atoms with E-state index in [2.05, 4.69) is 0 Å². The van der Waals surface area contributed by atoms with Crippen molar-refractivity contribution < 1.29 is 19.4 Å². The molecule has 0 aromatic carbocycles. The number of carboxylic acids is 1. The molecular formula is C13H22N2O4. The van der Waals surface area contributed by atoms with Crippen LogP contribution in [0, 0.1) is 0 Å². The Hall–Kier alpha value is -1.30. The molecule has 0 aromatic heterocycles. The number of carboxylic acid groups (broad SMARTS) is 1. The minimum Gasteiger partial charge on any atom is -0.480 e. The van der Waals surface area contributed by atoms with Gasteiger partial charge in [-0.1, -0.05) is 12.8 Å². The van der Waals surface area contributed by atoms with Crippen molar-refractivity contribution in [2.24, 2.45) is 0 Å². The van der Waals surface area contributed by atoms with E-state index < -0.39 is 5.97 Å². The van der Waals surface area contributed by atoms with E-state index >= 15 is 0 Å². The van der Waals surface area contributed by atoms with E-state index in [9.17, 15) is 9.59 Å². The quantitative estimate of drug-likeness (QED) is 0.835. The summed E-state index contributed by atoms with van der Waals surface area (Å²) in [6, 6.07) is -0.0637. The number of hydrogen-bond donors (Lipinski definition) is 1. The maximum atomic E-state index is 12.5. The molecule has 108 valence electrons. The van der Waals surface area contributed by atoms with Crippen LogP contribution >= 0.6 is 0 Å². The van der Waals surface area contributed by atoms with E-state index in [0.29, 0.717) is 19.7 Å². The Bertz CT molecular complexity index is 342. The van der Waals surface area contributed by atoms with Gasteiger partial charge in [-0.05, 0) is 19.8 Å². The molecule has 2 aliphatic rings. The molecule has 2 rings (SSSR count). The van der Waals surface area contributed by atoms with E-state index in [1.54, 1.807) is 4.90 Å². The number of morpholine rings is 1. The van der Waals surface area contributed by atoms with E-state index in [-0.39, 0.29) is 24.7 Å². The van der Waals surface area contributed by atoms with Crippen molar-refractivity contribution in [3.8, 4) is 0 Å². The molecule has 0 spiro atoms. The maximum absolute atomic E-state index is 12.5. The van der Waals surface area contributed by atoms with Crippen LogP contribution in [0.25, 0.3) is 0 Å². The number of hydrogen-bond acceptors (Lipinski definition) is 3. The molecule has 1 saturated heterocycles. The summed E-state index contributed by atoms with van der Waals surface area (Å²) in [6.45, 7) is 3.35. The number of nitrogens with zero attached hydrogens (tertiary/aromatic N) is 2. The molecule has 19 heavy (non-hydrogen) atoms. The summed E-state index contributed by atoms with van der Waals surface area (Å²) in [7, 11) is 0. The fourth-order valence-electron chi connectivity index (χ4n) is 2.89. The third-order valence-electron chi connectivity index (χ3n) is 3.83. The predicted molar refractivity (Wildman–Crippen MR) is 69.0 cm³/mol. The van der Waals surface area contributed by atoms with Gasteiger partial charge in [0, 0.05) is 19.1 Å². The van der Waals surface area contributed by atoms with Crippen LogP contribution in [0.3, 0.4) is 0 Å². The number of rotatable bonds is 3. The Balaban J connectivity index is 2.03. The van der Waals surface area contributed by atoms with E-state index in [1.807, 2.05) is 6.92 Å². The fourth-order valence-corrected chi connectivity index (χ4v) is 2.89. The minimum atomic E-state index is -0.943. The topological polar surface area (TPSA) is 70.1 Å². The SMILES string of the molecule is CC1CN(C(=O)N(CC(=O)O)C2CCCC2)CCO1. The molecule has 1 aliphatic carbocycles. The number of amides is 2. The van der Waals surface area contributed by atoms with Crippen molar-refractivity contribution in [3.05, 3.63) is 0 Å². The van der Waals surface area contributed by atoms with Gasteiger partial charge in [0.2, 0.25) is 0 Å². The van der Waals surface area contributed by atoms with Gasteiger partial charge in [-0.2, -0.15) is 0 Å². The van der Waals surface area contributed by atoms with Crippen LogP contribution in [0.5, 0.6) is 0 Å². The first kappa shape index (κ1) is 14.1. The lowest BCUT2D eigenvalue weighted by atomic mass is 10.2. The van der Waals surface area contributed by atoms with E-state index in [1.165, 1.54) is 4.90 Å². The second-order valence-corrected chi connectivity index (χ2v) is 5.37. The third-order valence-corrected chi connectivity index (χ3v) is 3.83. The van der Waals surface area contributed by atoms with Crippen LogP contribution in [-0.2, 0) is 9.53 Å². The van der Waals surface area contributed by atoms with Gasteiger partial charge in [-0.3, -0.25) is 4.79 Å². The number of urea groups is 1. The molecule has 1 atom stereocenters. The fraction of sp³-hybridized carbons (Fsp3) is 0.846. The van der Waals surface area contributed by atoms with Gasteiger partial charge in [0.15, 0.2) is 0 Å². The van der Waals surface area contributed by atoms with Gasteiger partial charge in [-0.15, -0.1) is 0 Å². The monoisotopic (exact) mass is 270 g/mol. The smallest absolute Gasteiger partial charge is 0.323 e. The highest BCUT2D eigenvalue weighted by Crippen LogP contribution is 2.24. The summed E-state index contributed by atoms with van der Waals surface area (Å²) in [5, 5.41) is 9.01. The first-order valence-corrected chi connectivity index (χ1v) is 6.97. The first-order chi connectivity index (χ1) is 9.08. The molecule has 6 heteroatoms. The number of carbonyl (C=O) groups is 2. The number of carbonyl (C=O) groups excluding carboxylic acids is 1. The summed E-state index contributed by atoms with van der Waals surface area (Å²) in [5.74, 6) is -0.943.